The van der Waals surface area contributed by atoms with E-state index in [0.717, 1.165) is 32.4 Å². The Morgan fingerprint density at radius 3 is 2.20 bits per heavy atom. The Kier molecular flexibility index (Phi) is 11.2. The van der Waals surface area contributed by atoms with Crippen molar-refractivity contribution in [2.24, 2.45) is 0 Å². The number of nitrogens with one attached hydrogen (secondary N) is 1. The van der Waals surface area contributed by atoms with Gasteiger partial charge in [-0.05, 0) is 68.7 Å². The van der Waals surface area contributed by atoms with Crippen molar-refractivity contribution < 1.29 is 34.9 Å². The summed E-state index contributed by atoms with van der Waals surface area (Å²) >= 11 is 12.6. The quantitative estimate of drug-likeness (QED) is 0.229. The molecule has 4 rings (SSSR count). The van der Waals surface area contributed by atoms with E-state index in [2.05, 4.69) is 10.4 Å². The lowest BCUT2D eigenvalue weighted by atomic mass is 10.2. The maximum absolute atomic E-state index is 13.2. The molecular weight excluding hydrogens is 619 g/mol. The molecule has 224 valence electrons. The van der Waals surface area contributed by atoms with Gasteiger partial charge in [-0.15, -0.1) is 0 Å². The Balaban J connectivity index is 0.000000850. The van der Waals surface area contributed by atoms with Crippen LogP contribution in [0, 0.1) is 6.92 Å². The van der Waals surface area contributed by atoms with Gasteiger partial charge in [-0.25, -0.2) is 9.99 Å². The van der Waals surface area contributed by atoms with Crippen LogP contribution >= 0.6 is 23.2 Å². The van der Waals surface area contributed by atoms with E-state index in [1.807, 2.05) is 16.5 Å². The van der Waals surface area contributed by atoms with Crippen LogP contribution in [0.15, 0.2) is 42.5 Å². The molecular formula is C25H30Cl2N4O8S2. The van der Waals surface area contributed by atoms with Crippen LogP contribution in [-0.2, 0) is 20.5 Å². The van der Waals surface area contributed by atoms with E-state index in [-0.39, 0.29) is 23.1 Å². The van der Waals surface area contributed by atoms with Crippen LogP contribution in [0.5, 0.6) is 5.75 Å². The molecule has 1 aromatic heterocycles. The standard InChI is InChI=1S/C25H28Cl2N4O4S.H2O4S/c1-3-15-36(33,34)35-20-10-8-19(9-11-20)31-17(2)23(25(32)29-30-13-5-4-6-14-30)28-24(31)21-12-7-18(26)16-22(21)27;1-5(2,3)4/h7-12,16H,3-6,13-15H2,1-2H3,(H,29,32);(H2,1,2,3,4). The van der Waals surface area contributed by atoms with E-state index < -0.39 is 20.5 Å². The molecule has 1 aliphatic heterocycles. The average molecular weight is 650 g/mol. The van der Waals surface area contributed by atoms with Gasteiger partial charge in [0.15, 0.2) is 5.69 Å². The van der Waals surface area contributed by atoms with Crippen LogP contribution in [0.3, 0.4) is 0 Å². The highest BCUT2D eigenvalue weighted by molar-refractivity contribution is 7.87. The van der Waals surface area contributed by atoms with Crippen molar-refractivity contribution in [3.05, 3.63) is 63.9 Å². The van der Waals surface area contributed by atoms with Gasteiger partial charge in [0, 0.05) is 29.4 Å². The second kappa shape index (κ2) is 14.0. The van der Waals surface area contributed by atoms with E-state index in [0.29, 0.717) is 39.2 Å². The molecule has 1 fully saturated rings. The molecule has 1 saturated heterocycles. The highest BCUT2D eigenvalue weighted by Gasteiger charge is 2.25. The molecule has 0 bridgehead atoms. The molecule has 1 amide bonds. The number of halogens is 2. The van der Waals surface area contributed by atoms with Crippen molar-refractivity contribution in [3.63, 3.8) is 0 Å². The monoisotopic (exact) mass is 648 g/mol. The van der Waals surface area contributed by atoms with Crippen molar-refractivity contribution >= 4 is 49.6 Å². The molecule has 0 radical (unpaired) electrons. The highest BCUT2D eigenvalue weighted by Crippen LogP contribution is 2.33. The lowest BCUT2D eigenvalue weighted by Gasteiger charge is -2.26. The SMILES string of the molecule is CCCS(=O)(=O)Oc1ccc(-n2c(-c3ccc(Cl)cc3Cl)nc(C(=O)NN3CCCCC3)c2C)cc1.O=S(=O)(O)O. The predicted octanol–water partition coefficient (Wildman–Crippen LogP) is 4.75. The lowest BCUT2D eigenvalue weighted by molar-refractivity contribution is 0.0744. The summed E-state index contributed by atoms with van der Waals surface area (Å²) in [6, 6.07) is 11.7. The Morgan fingerprint density at radius 2 is 1.63 bits per heavy atom. The van der Waals surface area contributed by atoms with Gasteiger partial charge < -0.3 is 4.18 Å². The number of aromatic nitrogens is 2. The van der Waals surface area contributed by atoms with Crippen molar-refractivity contribution in [3.8, 4) is 22.8 Å². The first-order valence-corrected chi connectivity index (χ1v) is 16.2. The maximum Gasteiger partial charge on any atom is 0.394 e. The average Bonchev–Trinajstić information content (AvgIpc) is 3.20. The van der Waals surface area contributed by atoms with Crippen LogP contribution in [0.25, 0.3) is 17.1 Å². The molecule has 2 aromatic carbocycles. The van der Waals surface area contributed by atoms with Crippen molar-refractivity contribution in [2.45, 2.75) is 39.5 Å². The van der Waals surface area contributed by atoms with E-state index in [9.17, 15) is 13.2 Å². The maximum atomic E-state index is 13.2. The first-order chi connectivity index (χ1) is 19.2. The predicted molar refractivity (Wildman–Crippen MR) is 156 cm³/mol. The van der Waals surface area contributed by atoms with Crippen LogP contribution in [0.4, 0.5) is 0 Å². The molecule has 3 N–H and O–H groups in total. The van der Waals surface area contributed by atoms with E-state index in [1.165, 1.54) is 0 Å². The van der Waals surface area contributed by atoms with Crippen LogP contribution in [0.1, 0.15) is 48.8 Å². The minimum Gasteiger partial charge on any atom is -0.382 e. The summed E-state index contributed by atoms with van der Waals surface area (Å²) in [5.41, 5.74) is 5.12. The highest BCUT2D eigenvalue weighted by atomic mass is 35.5. The summed E-state index contributed by atoms with van der Waals surface area (Å²) in [5, 5.41) is 2.79. The summed E-state index contributed by atoms with van der Waals surface area (Å²) < 4.78 is 62.7. The largest absolute Gasteiger partial charge is 0.394 e. The first-order valence-electron chi connectivity index (χ1n) is 12.5. The van der Waals surface area contributed by atoms with Crippen LogP contribution in [-0.4, -0.2) is 65.3 Å². The summed E-state index contributed by atoms with van der Waals surface area (Å²) in [4.78, 5) is 17.9. The molecule has 0 spiro atoms. The van der Waals surface area contributed by atoms with Crippen LogP contribution in [0.2, 0.25) is 10.0 Å². The second-order valence-electron chi connectivity index (χ2n) is 9.10. The molecule has 16 heteroatoms. The number of hydrogen-bond acceptors (Lipinski definition) is 8. The van der Waals surface area contributed by atoms with Crippen molar-refractivity contribution in [2.75, 3.05) is 18.8 Å². The van der Waals surface area contributed by atoms with Gasteiger partial charge in [0.1, 0.15) is 11.6 Å². The lowest BCUT2D eigenvalue weighted by Crippen LogP contribution is -2.45. The fourth-order valence-corrected chi connectivity index (χ4v) is 5.66. The summed E-state index contributed by atoms with van der Waals surface area (Å²) in [6.45, 7) is 5.17. The van der Waals surface area contributed by atoms with E-state index in [1.54, 1.807) is 49.4 Å². The summed E-state index contributed by atoms with van der Waals surface area (Å²) in [6.07, 6.45) is 3.67. The van der Waals surface area contributed by atoms with E-state index >= 15 is 0 Å². The summed E-state index contributed by atoms with van der Waals surface area (Å²) in [7, 11) is -8.33. The number of amides is 1. The third-order valence-corrected chi connectivity index (χ3v) is 7.79. The molecule has 2 heterocycles. The number of benzene rings is 2. The number of piperidine rings is 1. The zero-order valence-corrected chi connectivity index (χ0v) is 25.4. The molecule has 0 saturated carbocycles. The minimum absolute atomic E-state index is 0.0654. The summed E-state index contributed by atoms with van der Waals surface area (Å²) in [5.74, 6) is 0.304. The van der Waals surface area contributed by atoms with E-state index in [4.69, 9.17) is 44.9 Å². The fraction of sp³-hybridized carbons (Fsp3) is 0.360. The smallest absolute Gasteiger partial charge is 0.382 e. The molecule has 0 atom stereocenters. The van der Waals surface area contributed by atoms with Crippen molar-refractivity contribution in [1.82, 2.24) is 20.0 Å². The van der Waals surface area contributed by atoms with Gasteiger partial charge in [0.25, 0.3) is 5.91 Å². The number of rotatable bonds is 8. The van der Waals surface area contributed by atoms with Crippen molar-refractivity contribution in [1.29, 1.82) is 0 Å². The van der Waals surface area contributed by atoms with Gasteiger partial charge in [0.05, 0.1) is 16.5 Å². The Labute approximate surface area is 248 Å². The second-order valence-corrected chi connectivity index (χ2v) is 12.5. The molecule has 12 nitrogen and oxygen atoms in total. The van der Waals surface area contributed by atoms with Gasteiger partial charge in [-0.3, -0.25) is 23.9 Å². The topological polar surface area (TPSA) is 168 Å². The minimum atomic E-state index is -4.67. The first kappa shape index (κ1) is 32.8. The number of carbonyl (C=O) groups excluding carboxylic acids is 1. The zero-order chi connectivity index (χ0) is 30.4. The van der Waals surface area contributed by atoms with Gasteiger partial charge in [-0.1, -0.05) is 36.5 Å². The fourth-order valence-electron chi connectivity index (χ4n) is 4.18. The normalized spacial score (nSPS) is 14.2. The Morgan fingerprint density at radius 1 is 1.02 bits per heavy atom. The number of hydrazine groups is 1. The third-order valence-electron chi connectivity index (χ3n) is 5.88. The van der Waals surface area contributed by atoms with Gasteiger partial charge >= 0.3 is 20.5 Å². The number of carbonyl (C=O) groups is 1. The van der Waals surface area contributed by atoms with Crippen LogP contribution < -0.4 is 9.61 Å². The Bertz CT molecular complexity index is 1580. The molecule has 0 aliphatic carbocycles. The molecule has 1 aliphatic rings. The Hall–Kier alpha value is -2.72. The number of nitrogens with zero attached hydrogens (tertiary/aromatic N) is 3. The number of imidazole rings is 1. The molecule has 0 unspecified atom stereocenters. The molecule has 3 aromatic rings. The molecule has 41 heavy (non-hydrogen) atoms. The third kappa shape index (κ3) is 9.67. The van der Waals surface area contributed by atoms with Gasteiger partial charge in [-0.2, -0.15) is 16.8 Å². The van der Waals surface area contributed by atoms with Gasteiger partial charge in [0.2, 0.25) is 0 Å². The number of hydrogen-bond donors (Lipinski definition) is 3. The zero-order valence-electron chi connectivity index (χ0n) is 22.2.